The minimum Gasteiger partial charge on any atom is -0.462 e. The monoisotopic (exact) mass is 358 g/mol. The van der Waals surface area contributed by atoms with E-state index in [-0.39, 0.29) is 11.9 Å². The summed E-state index contributed by atoms with van der Waals surface area (Å²) in [6.45, 7) is 4.90. The van der Waals surface area contributed by atoms with Crippen LogP contribution in [0.1, 0.15) is 56.3 Å². The molecule has 26 heavy (non-hydrogen) atoms. The molecule has 2 N–H and O–H groups in total. The maximum atomic E-state index is 12.2. The van der Waals surface area contributed by atoms with Crippen LogP contribution in [0.5, 0.6) is 0 Å². The van der Waals surface area contributed by atoms with Crippen molar-refractivity contribution < 1.29 is 14.3 Å². The van der Waals surface area contributed by atoms with Crippen molar-refractivity contribution in [3.8, 4) is 0 Å². The second-order valence-corrected chi connectivity index (χ2v) is 7.77. The maximum absolute atomic E-state index is 12.2. The molecule has 2 bridgehead atoms. The SMILES string of the molecule is CCCOC(=O)c1ccc(NC(=O)CNC(C)C2CC3CCC2C3)cc1. The number of carbonyl (C=O) groups excluding carboxylic acids is 2. The van der Waals surface area contributed by atoms with E-state index in [9.17, 15) is 9.59 Å². The normalized spacial score (nSPS) is 25.1. The highest BCUT2D eigenvalue weighted by atomic mass is 16.5. The Labute approximate surface area is 155 Å². The van der Waals surface area contributed by atoms with Crippen LogP contribution in [-0.4, -0.2) is 31.1 Å². The summed E-state index contributed by atoms with van der Waals surface area (Å²) >= 11 is 0. The lowest BCUT2D eigenvalue weighted by Crippen LogP contribution is -2.40. The average molecular weight is 358 g/mol. The molecule has 4 unspecified atom stereocenters. The lowest BCUT2D eigenvalue weighted by Gasteiger charge is -2.28. The van der Waals surface area contributed by atoms with Crippen LogP contribution < -0.4 is 10.6 Å². The summed E-state index contributed by atoms with van der Waals surface area (Å²) in [7, 11) is 0. The predicted octanol–water partition coefficient (Wildman–Crippen LogP) is 3.61. The second-order valence-electron chi connectivity index (χ2n) is 7.77. The maximum Gasteiger partial charge on any atom is 0.338 e. The molecule has 1 amide bonds. The van der Waals surface area contributed by atoms with E-state index in [1.54, 1.807) is 24.3 Å². The molecule has 2 aliphatic rings. The van der Waals surface area contributed by atoms with Gasteiger partial charge < -0.3 is 15.4 Å². The van der Waals surface area contributed by atoms with E-state index in [0.717, 1.165) is 24.2 Å². The molecular formula is C21H30N2O3. The van der Waals surface area contributed by atoms with E-state index in [2.05, 4.69) is 17.6 Å². The minimum absolute atomic E-state index is 0.0543. The first kappa shape index (κ1) is 18.9. The number of amides is 1. The summed E-state index contributed by atoms with van der Waals surface area (Å²) in [5, 5.41) is 6.27. The summed E-state index contributed by atoms with van der Waals surface area (Å²) < 4.78 is 5.10. The van der Waals surface area contributed by atoms with Crippen LogP contribution in [0.3, 0.4) is 0 Å². The van der Waals surface area contributed by atoms with Crippen LogP contribution in [0.25, 0.3) is 0 Å². The molecule has 4 atom stereocenters. The first-order valence-electron chi connectivity index (χ1n) is 9.87. The lowest BCUT2D eigenvalue weighted by molar-refractivity contribution is -0.115. The van der Waals surface area contributed by atoms with Gasteiger partial charge in [-0.2, -0.15) is 0 Å². The van der Waals surface area contributed by atoms with Crippen molar-refractivity contribution in [2.45, 2.75) is 52.0 Å². The van der Waals surface area contributed by atoms with Crippen LogP contribution in [0.2, 0.25) is 0 Å². The molecule has 0 saturated heterocycles. The Morgan fingerprint density at radius 1 is 1.19 bits per heavy atom. The number of esters is 1. The zero-order valence-electron chi connectivity index (χ0n) is 15.8. The van der Waals surface area contributed by atoms with Gasteiger partial charge in [-0.15, -0.1) is 0 Å². The van der Waals surface area contributed by atoms with Crippen LogP contribution in [0.15, 0.2) is 24.3 Å². The standard InChI is InChI=1S/C21H30N2O3/c1-3-10-26-21(25)16-6-8-18(9-7-16)23-20(24)13-22-14(2)19-12-15-4-5-17(19)11-15/h6-9,14-15,17,19,22H,3-5,10-13H2,1-2H3,(H,23,24). The summed E-state index contributed by atoms with van der Waals surface area (Å²) in [5.74, 6) is 2.11. The van der Waals surface area contributed by atoms with E-state index in [1.807, 2.05) is 6.92 Å². The predicted molar refractivity (Wildman–Crippen MR) is 102 cm³/mol. The van der Waals surface area contributed by atoms with Gasteiger partial charge in [-0.3, -0.25) is 4.79 Å². The third-order valence-electron chi connectivity index (χ3n) is 5.86. The lowest BCUT2D eigenvalue weighted by atomic mass is 9.84. The molecule has 2 aliphatic carbocycles. The molecule has 2 fully saturated rings. The third kappa shape index (κ3) is 4.64. The first-order chi connectivity index (χ1) is 12.6. The quantitative estimate of drug-likeness (QED) is 0.697. The molecule has 3 rings (SSSR count). The Kier molecular flexibility index (Phi) is 6.30. The highest BCUT2D eigenvalue weighted by Crippen LogP contribution is 2.49. The van der Waals surface area contributed by atoms with Crippen molar-refractivity contribution in [2.75, 3.05) is 18.5 Å². The zero-order valence-corrected chi connectivity index (χ0v) is 15.8. The number of ether oxygens (including phenoxy) is 1. The Balaban J connectivity index is 1.42. The summed E-state index contributed by atoms with van der Waals surface area (Å²) in [5.41, 5.74) is 1.19. The third-order valence-corrected chi connectivity index (χ3v) is 5.86. The number of anilines is 1. The summed E-state index contributed by atoms with van der Waals surface area (Å²) in [4.78, 5) is 24.0. The molecule has 0 aliphatic heterocycles. The molecule has 2 saturated carbocycles. The molecule has 0 aromatic heterocycles. The number of hydrogen-bond acceptors (Lipinski definition) is 4. The van der Waals surface area contributed by atoms with E-state index in [1.165, 1.54) is 25.7 Å². The summed E-state index contributed by atoms with van der Waals surface area (Å²) in [6, 6.07) is 7.21. The van der Waals surface area contributed by atoms with Gasteiger partial charge in [-0.25, -0.2) is 4.79 Å². The molecule has 1 aromatic rings. The largest absolute Gasteiger partial charge is 0.462 e. The van der Waals surface area contributed by atoms with Gasteiger partial charge in [-0.05, 0) is 74.6 Å². The molecule has 1 aromatic carbocycles. The molecule has 0 heterocycles. The Morgan fingerprint density at radius 3 is 2.58 bits per heavy atom. The molecule has 5 heteroatoms. The van der Waals surface area contributed by atoms with Crippen LogP contribution >= 0.6 is 0 Å². The van der Waals surface area contributed by atoms with E-state index < -0.39 is 0 Å². The molecule has 0 radical (unpaired) electrons. The van der Waals surface area contributed by atoms with E-state index in [4.69, 9.17) is 4.74 Å². The Bertz CT molecular complexity index is 629. The fourth-order valence-electron chi connectivity index (χ4n) is 4.48. The molecule has 142 valence electrons. The number of nitrogens with one attached hydrogen (secondary N) is 2. The van der Waals surface area contributed by atoms with Crippen molar-refractivity contribution in [3.63, 3.8) is 0 Å². The van der Waals surface area contributed by atoms with Crippen LogP contribution in [0.4, 0.5) is 5.69 Å². The molecule has 5 nitrogen and oxygen atoms in total. The van der Waals surface area contributed by atoms with Gasteiger partial charge in [0.25, 0.3) is 0 Å². The zero-order chi connectivity index (χ0) is 18.5. The van der Waals surface area contributed by atoms with Crippen molar-refractivity contribution in [2.24, 2.45) is 17.8 Å². The molecular weight excluding hydrogens is 328 g/mol. The fraction of sp³-hybridized carbons (Fsp3) is 0.619. The Morgan fingerprint density at radius 2 is 1.96 bits per heavy atom. The topological polar surface area (TPSA) is 67.4 Å². The number of hydrogen-bond donors (Lipinski definition) is 2. The van der Waals surface area contributed by atoms with Crippen molar-refractivity contribution >= 4 is 17.6 Å². The van der Waals surface area contributed by atoms with Crippen molar-refractivity contribution in [1.29, 1.82) is 0 Å². The highest BCUT2D eigenvalue weighted by molar-refractivity contribution is 5.94. The second kappa shape index (κ2) is 8.67. The van der Waals surface area contributed by atoms with Gasteiger partial charge in [0.15, 0.2) is 0 Å². The molecule has 0 spiro atoms. The smallest absolute Gasteiger partial charge is 0.338 e. The number of carbonyl (C=O) groups is 2. The van der Waals surface area contributed by atoms with Crippen molar-refractivity contribution in [3.05, 3.63) is 29.8 Å². The van der Waals surface area contributed by atoms with Gasteiger partial charge in [0.05, 0.1) is 18.7 Å². The van der Waals surface area contributed by atoms with Crippen LogP contribution in [0, 0.1) is 17.8 Å². The average Bonchev–Trinajstić information content (AvgIpc) is 3.28. The number of benzene rings is 1. The van der Waals surface area contributed by atoms with Crippen molar-refractivity contribution in [1.82, 2.24) is 5.32 Å². The van der Waals surface area contributed by atoms with Gasteiger partial charge >= 0.3 is 5.97 Å². The van der Waals surface area contributed by atoms with Gasteiger partial charge in [-0.1, -0.05) is 13.3 Å². The summed E-state index contributed by atoms with van der Waals surface area (Å²) in [6.07, 6.45) is 6.26. The fourth-order valence-corrected chi connectivity index (χ4v) is 4.48. The minimum atomic E-state index is -0.328. The Hall–Kier alpha value is -1.88. The number of rotatable bonds is 8. The van der Waals surface area contributed by atoms with Crippen LogP contribution in [-0.2, 0) is 9.53 Å². The van der Waals surface area contributed by atoms with E-state index in [0.29, 0.717) is 30.4 Å². The van der Waals surface area contributed by atoms with Gasteiger partial charge in [0.2, 0.25) is 5.91 Å². The van der Waals surface area contributed by atoms with Gasteiger partial charge in [0.1, 0.15) is 0 Å². The van der Waals surface area contributed by atoms with Gasteiger partial charge in [0, 0.05) is 11.7 Å². The number of fused-ring (bicyclic) bond motifs is 2. The first-order valence-corrected chi connectivity index (χ1v) is 9.87. The highest BCUT2D eigenvalue weighted by Gasteiger charge is 2.41. The van der Waals surface area contributed by atoms with E-state index >= 15 is 0 Å².